The molecule has 1 aliphatic rings. The molecule has 1 fully saturated rings. The van der Waals surface area contributed by atoms with E-state index in [0.717, 1.165) is 31.4 Å². The van der Waals surface area contributed by atoms with Gasteiger partial charge in [0.2, 0.25) is 0 Å². The van der Waals surface area contributed by atoms with Crippen molar-refractivity contribution in [3.05, 3.63) is 29.3 Å². The van der Waals surface area contributed by atoms with E-state index in [2.05, 4.69) is 5.32 Å². The summed E-state index contributed by atoms with van der Waals surface area (Å²) in [7, 11) is 0. The molecule has 0 bridgehead atoms. The van der Waals surface area contributed by atoms with E-state index < -0.39 is 28.8 Å². The molecule has 4 N–H and O–H groups in total. The van der Waals surface area contributed by atoms with E-state index in [1.807, 2.05) is 0 Å². The first-order chi connectivity index (χ1) is 9.02. The second-order valence-corrected chi connectivity index (χ2v) is 4.81. The molecule has 1 aromatic rings. The maximum absolute atomic E-state index is 13.7. The van der Waals surface area contributed by atoms with Gasteiger partial charge in [-0.3, -0.25) is 4.79 Å². The first kappa shape index (κ1) is 13.7. The van der Waals surface area contributed by atoms with Crippen molar-refractivity contribution < 1.29 is 18.7 Å². The predicted octanol–water partition coefficient (Wildman–Crippen LogP) is 1.44. The van der Waals surface area contributed by atoms with Crippen LogP contribution in [0.3, 0.4) is 0 Å². The Bertz CT molecular complexity index is 494. The topological polar surface area (TPSA) is 75.4 Å². The Hall–Kier alpha value is -1.69. The molecule has 104 valence electrons. The minimum Gasteiger partial charge on any atom is -0.396 e. The van der Waals surface area contributed by atoms with E-state index in [9.17, 15) is 13.6 Å². The fourth-order valence-electron chi connectivity index (χ4n) is 2.47. The van der Waals surface area contributed by atoms with E-state index in [0.29, 0.717) is 0 Å². The van der Waals surface area contributed by atoms with Gasteiger partial charge >= 0.3 is 0 Å². The van der Waals surface area contributed by atoms with Crippen LogP contribution in [-0.2, 0) is 0 Å². The van der Waals surface area contributed by atoms with Crippen molar-refractivity contribution in [2.45, 2.75) is 25.3 Å². The van der Waals surface area contributed by atoms with E-state index in [-0.39, 0.29) is 18.6 Å². The van der Waals surface area contributed by atoms with Crippen molar-refractivity contribution in [2.24, 2.45) is 5.92 Å². The minimum atomic E-state index is -0.919. The third kappa shape index (κ3) is 2.84. The molecule has 1 aromatic carbocycles. The molecule has 4 nitrogen and oxygen atoms in total. The molecule has 6 heteroatoms. The van der Waals surface area contributed by atoms with Crippen molar-refractivity contribution >= 4 is 11.6 Å². The summed E-state index contributed by atoms with van der Waals surface area (Å²) in [6, 6.07) is 1.45. The van der Waals surface area contributed by atoms with Crippen LogP contribution in [0.1, 0.15) is 29.6 Å². The van der Waals surface area contributed by atoms with Crippen LogP contribution in [0.2, 0.25) is 0 Å². The lowest BCUT2D eigenvalue weighted by molar-refractivity contribution is 0.0911. The molecule has 0 heterocycles. The largest absolute Gasteiger partial charge is 0.396 e. The van der Waals surface area contributed by atoms with Gasteiger partial charge in [-0.25, -0.2) is 8.78 Å². The van der Waals surface area contributed by atoms with Crippen LogP contribution in [-0.4, -0.2) is 23.7 Å². The SMILES string of the molecule is Nc1cc(F)cc(C(=O)NC2CCCC2CO)c1F. The van der Waals surface area contributed by atoms with E-state index in [4.69, 9.17) is 10.8 Å². The average Bonchev–Trinajstić information content (AvgIpc) is 2.80. The van der Waals surface area contributed by atoms with Gasteiger partial charge in [0, 0.05) is 18.6 Å². The summed E-state index contributed by atoms with van der Waals surface area (Å²) in [4.78, 5) is 11.9. The van der Waals surface area contributed by atoms with Crippen molar-refractivity contribution in [3.63, 3.8) is 0 Å². The highest BCUT2D eigenvalue weighted by Gasteiger charge is 2.29. The number of anilines is 1. The van der Waals surface area contributed by atoms with E-state index in [1.165, 1.54) is 0 Å². The summed E-state index contributed by atoms with van der Waals surface area (Å²) in [6.07, 6.45) is 2.43. The number of rotatable bonds is 3. The van der Waals surface area contributed by atoms with Gasteiger partial charge in [-0.15, -0.1) is 0 Å². The molecule has 2 unspecified atom stereocenters. The number of amides is 1. The predicted molar refractivity (Wildman–Crippen MR) is 66.5 cm³/mol. The second kappa shape index (κ2) is 5.52. The molecular weight excluding hydrogens is 254 g/mol. The van der Waals surface area contributed by atoms with E-state index in [1.54, 1.807) is 0 Å². The maximum Gasteiger partial charge on any atom is 0.254 e. The van der Waals surface area contributed by atoms with Gasteiger partial charge in [0.25, 0.3) is 5.91 Å². The quantitative estimate of drug-likeness (QED) is 0.727. The number of halogens is 2. The van der Waals surface area contributed by atoms with Crippen LogP contribution in [0.5, 0.6) is 0 Å². The molecule has 1 saturated carbocycles. The highest BCUT2D eigenvalue weighted by atomic mass is 19.1. The number of carbonyl (C=O) groups excluding carboxylic acids is 1. The molecule has 1 amide bonds. The first-order valence-electron chi connectivity index (χ1n) is 6.19. The third-order valence-corrected chi connectivity index (χ3v) is 3.52. The van der Waals surface area contributed by atoms with Crippen LogP contribution in [0.15, 0.2) is 12.1 Å². The zero-order chi connectivity index (χ0) is 14.0. The standard InChI is InChI=1S/C13H16F2N2O2/c14-8-4-9(12(15)10(16)5-8)13(19)17-11-3-1-2-7(11)6-18/h4-5,7,11,18H,1-3,6,16H2,(H,17,19). The number of nitrogens with two attached hydrogens (primary N) is 1. The van der Waals surface area contributed by atoms with Gasteiger partial charge < -0.3 is 16.2 Å². The Morgan fingerprint density at radius 1 is 1.42 bits per heavy atom. The Kier molecular flexibility index (Phi) is 3.99. The molecule has 19 heavy (non-hydrogen) atoms. The highest BCUT2D eigenvalue weighted by molar-refractivity contribution is 5.95. The number of carbonyl (C=O) groups is 1. The van der Waals surface area contributed by atoms with Crippen molar-refractivity contribution in [1.82, 2.24) is 5.32 Å². The van der Waals surface area contributed by atoms with Crippen LogP contribution in [0.25, 0.3) is 0 Å². The molecule has 0 aromatic heterocycles. The first-order valence-corrected chi connectivity index (χ1v) is 6.19. The van der Waals surface area contributed by atoms with Crippen LogP contribution in [0.4, 0.5) is 14.5 Å². The van der Waals surface area contributed by atoms with Gasteiger partial charge in [-0.1, -0.05) is 6.42 Å². The highest BCUT2D eigenvalue weighted by Crippen LogP contribution is 2.26. The van der Waals surface area contributed by atoms with Crippen molar-refractivity contribution in [3.8, 4) is 0 Å². The van der Waals surface area contributed by atoms with Crippen LogP contribution >= 0.6 is 0 Å². The van der Waals surface area contributed by atoms with Gasteiger partial charge in [0.15, 0.2) is 5.82 Å². The maximum atomic E-state index is 13.7. The number of nitrogens with one attached hydrogen (secondary N) is 1. The van der Waals surface area contributed by atoms with Gasteiger partial charge in [-0.2, -0.15) is 0 Å². The number of aliphatic hydroxyl groups is 1. The molecule has 0 aliphatic heterocycles. The summed E-state index contributed by atoms with van der Waals surface area (Å²) in [5.41, 5.74) is 4.49. The Labute approximate surface area is 109 Å². The Morgan fingerprint density at radius 2 is 2.16 bits per heavy atom. The number of benzene rings is 1. The average molecular weight is 270 g/mol. The lowest BCUT2D eigenvalue weighted by atomic mass is 10.0. The lowest BCUT2D eigenvalue weighted by Gasteiger charge is -2.19. The minimum absolute atomic E-state index is 0.0290. The summed E-state index contributed by atoms with van der Waals surface area (Å²) >= 11 is 0. The number of aliphatic hydroxyl groups excluding tert-OH is 1. The van der Waals surface area contributed by atoms with Crippen LogP contribution < -0.4 is 11.1 Å². The molecule has 2 atom stereocenters. The number of nitrogen functional groups attached to an aromatic ring is 1. The Balaban J connectivity index is 2.16. The van der Waals surface area contributed by atoms with Gasteiger partial charge in [0.1, 0.15) is 5.82 Å². The molecule has 0 spiro atoms. The monoisotopic (exact) mass is 270 g/mol. The zero-order valence-corrected chi connectivity index (χ0v) is 10.3. The Morgan fingerprint density at radius 3 is 2.84 bits per heavy atom. The number of hydrogen-bond acceptors (Lipinski definition) is 3. The lowest BCUT2D eigenvalue weighted by Crippen LogP contribution is -2.39. The normalized spacial score (nSPS) is 22.5. The van der Waals surface area contributed by atoms with Crippen molar-refractivity contribution in [2.75, 3.05) is 12.3 Å². The summed E-state index contributed by atoms with van der Waals surface area (Å²) in [6.45, 7) is -0.0290. The zero-order valence-electron chi connectivity index (χ0n) is 10.3. The van der Waals surface area contributed by atoms with Crippen LogP contribution in [0, 0.1) is 17.6 Å². The second-order valence-electron chi connectivity index (χ2n) is 4.81. The van der Waals surface area contributed by atoms with E-state index >= 15 is 0 Å². The third-order valence-electron chi connectivity index (χ3n) is 3.52. The molecule has 1 aliphatic carbocycles. The fourth-order valence-corrected chi connectivity index (χ4v) is 2.47. The van der Waals surface area contributed by atoms with Crippen molar-refractivity contribution in [1.29, 1.82) is 0 Å². The smallest absolute Gasteiger partial charge is 0.254 e. The summed E-state index contributed by atoms with van der Waals surface area (Å²) < 4.78 is 26.8. The molecule has 0 saturated heterocycles. The number of hydrogen-bond donors (Lipinski definition) is 3. The molecular formula is C13H16F2N2O2. The molecule has 2 rings (SSSR count). The summed E-state index contributed by atoms with van der Waals surface area (Å²) in [5, 5.41) is 11.8. The van der Waals surface area contributed by atoms with Gasteiger partial charge in [-0.05, 0) is 25.0 Å². The summed E-state index contributed by atoms with van der Waals surface area (Å²) in [5.74, 6) is -2.40. The fraction of sp³-hybridized carbons (Fsp3) is 0.462. The van der Waals surface area contributed by atoms with Gasteiger partial charge in [0.05, 0.1) is 11.3 Å². The molecule has 0 radical (unpaired) electrons.